The topological polar surface area (TPSA) is 327 Å². The molecule has 0 aromatic rings. The highest BCUT2D eigenvalue weighted by atomic mass is 16.4. The van der Waals surface area contributed by atoms with Crippen LogP contribution < -0.4 is 49.1 Å². The number of carbonyl (C=O) groups excluding carboxylic acids is 6. The molecule has 244 valence electrons. The second kappa shape index (κ2) is 22.3. The van der Waals surface area contributed by atoms with Crippen molar-refractivity contribution in [2.24, 2.45) is 17.2 Å². The number of nitrogens with one attached hydrogen (secondary N) is 6. The van der Waals surface area contributed by atoms with Crippen LogP contribution in [0.5, 0.6) is 0 Å². The van der Waals surface area contributed by atoms with Gasteiger partial charge in [0, 0.05) is 0 Å². The fraction of sp³-hybridized carbons (Fsp3) is 0.667. The summed E-state index contributed by atoms with van der Waals surface area (Å²) in [5.74, 6) is -7.44. The zero-order chi connectivity index (χ0) is 32.8. The van der Waals surface area contributed by atoms with Gasteiger partial charge < -0.3 is 59.3 Å². The molecule has 19 heteroatoms. The van der Waals surface area contributed by atoms with Crippen molar-refractivity contribution < 1.29 is 48.6 Å². The molecule has 0 saturated carbocycles. The molecule has 0 unspecified atom stereocenters. The predicted octanol–water partition coefficient (Wildman–Crippen LogP) is -5.43. The Bertz CT molecular complexity index is 979. The lowest BCUT2D eigenvalue weighted by Gasteiger charge is -2.19. The average molecular weight is 618 g/mol. The maximum absolute atomic E-state index is 12.4. The van der Waals surface area contributed by atoms with Crippen LogP contribution in [0.4, 0.5) is 0 Å². The number of hydrogen-bond acceptors (Lipinski definition) is 11. The summed E-state index contributed by atoms with van der Waals surface area (Å²) < 4.78 is 0. The Morgan fingerprint density at radius 3 is 1.49 bits per heavy atom. The molecule has 0 rings (SSSR count). The highest BCUT2D eigenvalue weighted by molar-refractivity contribution is 5.95. The average Bonchev–Trinajstić information content (AvgIpc) is 2.95. The molecule has 0 bridgehead atoms. The fourth-order valence-corrected chi connectivity index (χ4v) is 3.31. The summed E-state index contributed by atoms with van der Waals surface area (Å²) in [6.45, 7) is -1.53. The van der Waals surface area contributed by atoms with E-state index in [1.807, 2.05) is 0 Å². The van der Waals surface area contributed by atoms with E-state index in [1.165, 1.54) is 0 Å². The molecule has 14 N–H and O–H groups in total. The van der Waals surface area contributed by atoms with Crippen molar-refractivity contribution in [3.8, 4) is 0 Å². The van der Waals surface area contributed by atoms with Crippen LogP contribution in [0, 0.1) is 0 Å². The Balaban J connectivity index is 4.46. The SMILES string of the molecule is NCCCC[C@H](NC(=O)CNC(=O)CNC(=O)CNC(=O)CNC(=O)[C@H](CC(=O)O)NC(=O)[C@@H](N)CCCCN)C(=O)O. The number of aliphatic carboxylic acids is 2. The Hall–Kier alpha value is -4.36. The summed E-state index contributed by atoms with van der Waals surface area (Å²) >= 11 is 0. The van der Waals surface area contributed by atoms with E-state index in [4.69, 9.17) is 27.4 Å². The van der Waals surface area contributed by atoms with Crippen LogP contribution in [0.3, 0.4) is 0 Å². The van der Waals surface area contributed by atoms with E-state index in [2.05, 4.69) is 31.9 Å². The molecule has 0 radical (unpaired) electrons. The summed E-state index contributed by atoms with van der Waals surface area (Å²) in [7, 11) is 0. The number of hydrogen-bond donors (Lipinski definition) is 11. The third-order valence-corrected chi connectivity index (χ3v) is 5.66. The van der Waals surface area contributed by atoms with Crippen LogP contribution in [0.15, 0.2) is 0 Å². The normalized spacial score (nSPS) is 12.5. The highest BCUT2D eigenvalue weighted by Gasteiger charge is 2.26. The fourth-order valence-electron chi connectivity index (χ4n) is 3.31. The van der Waals surface area contributed by atoms with Crippen LogP contribution in [0.2, 0.25) is 0 Å². The van der Waals surface area contributed by atoms with Gasteiger partial charge in [0.2, 0.25) is 35.4 Å². The van der Waals surface area contributed by atoms with Gasteiger partial charge in [-0.15, -0.1) is 0 Å². The number of unbranched alkanes of at least 4 members (excludes halogenated alkanes) is 2. The first-order valence-electron chi connectivity index (χ1n) is 13.6. The third kappa shape index (κ3) is 19.4. The van der Waals surface area contributed by atoms with Crippen molar-refractivity contribution in [2.75, 3.05) is 39.3 Å². The van der Waals surface area contributed by atoms with Crippen LogP contribution in [0.1, 0.15) is 44.9 Å². The van der Waals surface area contributed by atoms with Gasteiger partial charge in [0.15, 0.2) is 0 Å². The highest BCUT2D eigenvalue weighted by Crippen LogP contribution is 2.01. The number of carboxylic acid groups (broad SMARTS) is 2. The van der Waals surface area contributed by atoms with Crippen molar-refractivity contribution in [2.45, 2.75) is 63.1 Å². The summed E-state index contributed by atoms with van der Waals surface area (Å²) in [4.78, 5) is 94.6. The quantitative estimate of drug-likeness (QED) is 0.0477. The zero-order valence-corrected chi connectivity index (χ0v) is 23.8. The number of rotatable bonds is 23. The van der Waals surface area contributed by atoms with Crippen molar-refractivity contribution in [3.63, 3.8) is 0 Å². The molecule has 43 heavy (non-hydrogen) atoms. The molecule has 0 fully saturated rings. The molecular weight excluding hydrogens is 574 g/mol. The lowest BCUT2D eigenvalue weighted by atomic mass is 10.1. The van der Waals surface area contributed by atoms with Crippen molar-refractivity contribution in [1.29, 1.82) is 0 Å². The molecule has 3 atom stereocenters. The molecule has 0 spiro atoms. The monoisotopic (exact) mass is 617 g/mol. The molecule has 0 saturated heterocycles. The van der Waals surface area contributed by atoms with E-state index < -0.39 is 98.1 Å². The molecular formula is C24H43N9O10. The van der Waals surface area contributed by atoms with E-state index in [0.717, 1.165) is 0 Å². The van der Waals surface area contributed by atoms with Crippen molar-refractivity contribution in [1.82, 2.24) is 31.9 Å². The van der Waals surface area contributed by atoms with E-state index in [1.54, 1.807) is 0 Å². The first-order chi connectivity index (χ1) is 20.3. The summed E-state index contributed by atoms with van der Waals surface area (Å²) in [6, 6.07) is -3.63. The molecule has 0 aromatic carbocycles. The van der Waals surface area contributed by atoms with E-state index in [-0.39, 0.29) is 12.8 Å². The maximum Gasteiger partial charge on any atom is 0.326 e. The smallest absolute Gasteiger partial charge is 0.326 e. The summed E-state index contributed by atoms with van der Waals surface area (Å²) in [5, 5.41) is 31.4. The van der Waals surface area contributed by atoms with Gasteiger partial charge in [0.05, 0.1) is 38.6 Å². The van der Waals surface area contributed by atoms with Gasteiger partial charge in [-0.2, -0.15) is 0 Å². The zero-order valence-electron chi connectivity index (χ0n) is 23.8. The minimum Gasteiger partial charge on any atom is -0.481 e. The second-order valence-corrected chi connectivity index (χ2v) is 9.34. The lowest BCUT2D eigenvalue weighted by molar-refractivity contribution is -0.142. The first kappa shape index (κ1) is 38.6. The number of carbonyl (C=O) groups is 8. The molecule has 0 aliphatic rings. The molecule has 0 aromatic heterocycles. The Morgan fingerprint density at radius 1 is 0.558 bits per heavy atom. The van der Waals surface area contributed by atoms with Crippen LogP contribution in [-0.4, -0.2) is 115 Å². The number of nitrogens with two attached hydrogens (primary N) is 3. The van der Waals surface area contributed by atoms with Gasteiger partial charge >= 0.3 is 11.9 Å². The Kier molecular flexibility index (Phi) is 20.0. The Morgan fingerprint density at radius 2 is 1.02 bits per heavy atom. The van der Waals surface area contributed by atoms with E-state index in [9.17, 15) is 38.4 Å². The maximum atomic E-state index is 12.4. The van der Waals surface area contributed by atoms with Crippen LogP contribution in [-0.2, 0) is 38.4 Å². The van der Waals surface area contributed by atoms with Gasteiger partial charge in [-0.1, -0.05) is 6.42 Å². The third-order valence-electron chi connectivity index (χ3n) is 5.66. The van der Waals surface area contributed by atoms with Crippen molar-refractivity contribution in [3.05, 3.63) is 0 Å². The van der Waals surface area contributed by atoms with Crippen LogP contribution >= 0.6 is 0 Å². The Labute approximate surface area is 247 Å². The van der Waals surface area contributed by atoms with Crippen LogP contribution in [0.25, 0.3) is 0 Å². The van der Waals surface area contributed by atoms with E-state index in [0.29, 0.717) is 38.8 Å². The minimum atomic E-state index is -1.51. The molecule has 0 heterocycles. The van der Waals surface area contributed by atoms with Gasteiger partial charge in [-0.05, 0) is 45.2 Å². The number of amides is 6. The number of carboxylic acids is 2. The van der Waals surface area contributed by atoms with Gasteiger partial charge in [-0.3, -0.25) is 33.6 Å². The predicted molar refractivity (Wildman–Crippen MR) is 150 cm³/mol. The first-order valence-corrected chi connectivity index (χ1v) is 13.6. The van der Waals surface area contributed by atoms with Gasteiger partial charge in [0.25, 0.3) is 0 Å². The van der Waals surface area contributed by atoms with E-state index >= 15 is 0 Å². The molecule has 0 aliphatic carbocycles. The standard InChI is InChI=1S/C24H43N9O10/c25-7-3-1-5-14(27)22(40)33-16(9-21(38)39)23(41)31-12-19(36)29-10-17(34)28-11-18(35)30-13-20(37)32-15(24(42)43)6-2-4-8-26/h14-16H,1-13,25-27H2,(H,28,34)(H,29,36)(H,30,35)(H,31,41)(H,32,37)(H,33,40)(H,38,39)(H,42,43)/t14-,15-,16-/m0/s1. The molecule has 19 nitrogen and oxygen atoms in total. The minimum absolute atomic E-state index is 0.168. The van der Waals surface area contributed by atoms with Gasteiger partial charge in [0.1, 0.15) is 12.1 Å². The van der Waals surface area contributed by atoms with Crippen molar-refractivity contribution >= 4 is 47.4 Å². The lowest BCUT2D eigenvalue weighted by Crippen LogP contribution is -2.53. The van der Waals surface area contributed by atoms with Gasteiger partial charge in [-0.25, -0.2) is 4.79 Å². The summed E-state index contributed by atoms with van der Waals surface area (Å²) in [6.07, 6.45) is 1.94. The largest absolute Gasteiger partial charge is 0.481 e. The molecule has 0 aliphatic heterocycles. The summed E-state index contributed by atoms with van der Waals surface area (Å²) in [5.41, 5.74) is 16.5. The second-order valence-electron chi connectivity index (χ2n) is 9.34. The molecule has 6 amide bonds.